The van der Waals surface area contributed by atoms with Crippen LogP contribution in [0, 0.1) is 19.8 Å². The molecule has 2 rings (SSSR count). The lowest BCUT2D eigenvalue weighted by Crippen LogP contribution is -2.43. The highest BCUT2D eigenvalue weighted by molar-refractivity contribution is 5.30. The lowest BCUT2D eigenvalue weighted by atomic mass is 10.1. The molecule has 1 saturated heterocycles. The number of nitrogens with zero attached hydrogens (tertiary/aromatic N) is 2. The Morgan fingerprint density at radius 2 is 1.93 bits per heavy atom. The molecule has 1 aromatic rings. The Bertz CT molecular complexity index is 544. The number of aryl methyl sites for hydroxylation is 2. The maximum Gasteiger partial charge on any atom is 0.0900 e. The monoisotopic (exact) mass is 378 g/mol. The molecule has 27 heavy (non-hydrogen) atoms. The van der Waals surface area contributed by atoms with Gasteiger partial charge in [-0.2, -0.15) is 0 Å². The van der Waals surface area contributed by atoms with Gasteiger partial charge in [-0.3, -0.25) is 9.80 Å². The summed E-state index contributed by atoms with van der Waals surface area (Å²) in [6.45, 7) is 16.7. The summed E-state index contributed by atoms with van der Waals surface area (Å²) in [4.78, 5) is 4.80. The van der Waals surface area contributed by atoms with Crippen LogP contribution in [-0.4, -0.2) is 80.2 Å². The molecule has 5 heteroatoms. The topological polar surface area (TPSA) is 45.2 Å². The van der Waals surface area contributed by atoms with E-state index < -0.39 is 6.10 Å². The first kappa shape index (κ1) is 22.3. The van der Waals surface area contributed by atoms with E-state index in [-0.39, 0.29) is 0 Å². The summed E-state index contributed by atoms with van der Waals surface area (Å²) in [7, 11) is 0. The van der Waals surface area contributed by atoms with Gasteiger partial charge >= 0.3 is 0 Å². The number of morpholine rings is 1. The van der Waals surface area contributed by atoms with E-state index in [4.69, 9.17) is 9.47 Å². The van der Waals surface area contributed by atoms with Crippen LogP contribution in [0.5, 0.6) is 0 Å². The average molecular weight is 379 g/mol. The molecule has 1 fully saturated rings. The van der Waals surface area contributed by atoms with Crippen molar-refractivity contribution in [1.29, 1.82) is 0 Å². The average Bonchev–Trinajstić information content (AvgIpc) is 2.62. The second-order valence-electron chi connectivity index (χ2n) is 8.20. The molecule has 0 aromatic heterocycles. The van der Waals surface area contributed by atoms with Crippen molar-refractivity contribution in [3.8, 4) is 0 Å². The standard InChI is InChI=1S/C22H38N2O3/c1-18(2)16-27-17-22(25)15-24(8-7-23-9-11-26-12-10-23)14-21-6-5-19(3)13-20(21)4/h5-6,13,18,22,25H,7-12,14-17H2,1-4H3/t22-/m0/s1. The van der Waals surface area contributed by atoms with Crippen molar-refractivity contribution in [1.82, 2.24) is 9.80 Å². The smallest absolute Gasteiger partial charge is 0.0900 e. The van der Waals surface area contributed by atoms with Crippen LogP contribution in [0.1, 0.15) is 30.5 Å². The predicted octanol–water partition coefficient (Wildman–Crippen LogP) is 2.47. The Labute approximate surface area is 165 Å². The van der Waals surface area contributed by atoms with Crippen molar-refractivity contribution >= 4 is 0 Å². The number of hydrogen-bond acceptors (Lipinski definition) is 5. The van der Waals surface area contributed by atoms with Gasteiger partial charge in [0.15, 0.2) is 0 Å². The zero-order chi connectivity index (χ0) is 19.6. The van der Waals surface area contributed by atoms with Crippen LogP contribution >= 0.6 is 0 Å². The first-order valence-electron chi connectivity index (χ1n) is 10.3. The van der Waals surface area contributed by atoms with E-state index in [1.807, 2.05) is 0 Å². The van der Waals surface area contributed by atoms with E-state index in [0.717, 1.165) is 45.9 Å². The van der Waals surface area contributed by atoms with Gasteiger partial charge in [0.1, 0.15) is 0 Å². The maximum atomic E-state index is 10.5. The number of aliphatic hydroxyl groups is 1. The van der Waals surface area contributed by atoms with Crippen molar-refractivity contribution in [3.63, 3.8) is 0 Å². The number of benzene rings is 1. The summed E-state index contributed by atoms with van der Waals surface area (Å²) in [5.41, 5.74) is 3.94. The van der Waals surface area contributed by atoms with Gasteiger partial charge in [0.25, 0.3) is 0 Å². The quantitative estimate of drug-likeness (QED) is 0.641. The molecule has 0 aliphatic carbocycles. The molecular weight excluding hydrogens is 340 g/mol. The minimum absolute atomic E-state index is 0.402. The molecule has 0 radical (unpaired) electrons. The highest BCUT2D eigenvalue weighted by atomic mass is 16.5. The van der Waals surface area contributed by atoms with E-state index in [1.54, 1.807) is 0 Å². The van der Waals surface area contributed by atoms with Gasteiger partial charge in [-0.25, -0.2) is 0 Å². The van der Waals surface area contributed by atoms with E-state index in [9.17, 15) is 5.11 Å². The fraction of sp³-hybridized carbons (Fsp3) is 0.727. The normalized spacial score (nSPS) is 17.0. The van der Waals surface area contributed by atoms with Gasteiger partial charge in [0.2, 0.25) is 0 Å². The molecule has 1 aliphatic heterocycles. The van der Waals surface area contributed by atoms with Gasteiger partial charge in [-0.1, -0.05) is 37.6 Å². The summed E-state index contributed by atoms with van der Waals surface area (Å²) >= 11 is 0. The molecule has 1 atom stereocenters. The molecule has 0 unspecified atom stereocenters. The van der Waals surface area contributed by atoms with Crippen LogP contribution in [0.3, 0.4) is 0 Å². The molecule has 1 aliphatic rings. The Morgan fingerprint density at radius 3 is 2.59 bits per heavy atom. The van der Waals surface area contributed by atoms with Crippen molar-refractivity contribution in [2.75, 3.05) is 59.2 Å². The van der Waals surface area contributed by atoms with Crippen LogP contribution in [0.15, 0.2) is 18.2 Å². The zero-order valence-electron chi connectivity index (χ0n) is 17.6. The minimum atomic E-state index is -0.459. The second-order valence-corrected chi connectivity index (χ2v) is 8.20. The summed E-state index contributed by atoms with van der Waals surface area (Å²) in [6.07, 6.45) is -0.459. The second kappa shape index (κ2) is 11.8. The van der Waals surface area contributed by atoms with Gasteiger partial charge < -0.3 is 14.6 Å². The molecule has 1 N–H and O–H groups in total. The molecule has 0 spiro atoms. The van der Waals surface area contributed by atoms with Crippen molar-refractivity contribution in [2.45, 2.75) is 40.3 Å². The number of hydrogen-bond donors (Lipinski definition) is 1. The Morgan fingerprint density at radius 1 is 1.19 bits per heavy atom. The van der Waals surface area contributed by atoms with E-state index >= 15 is 0 Å². The summed E-state index contributed by atoms with van der Waals surface area (Å²) < 4.78 is 11.1. The Balaban J connectivity index is 1.91. The zero-order valence-corrected chi connectivity index (χ0v) is 17.6. The van der Waals surface area contributed by atoms with Gasteiger partial charge in [0, 0.05) is 45.9 Å². The van der Waals surface area contributed by atoms with Crippen molar-refractivity contribution in [3.05, 3.63) is 34.9 Å². The molecule has 1 heterocycles. The fourth-order valence-electron chi connectivity index (χ4n) is 3.40. The molecule has 5 nitrogen and oxygen atoms in total. The van der Waals surface area contributed by atoms with Crippen molar-refractivity contribution in [2.24, 2.45) is 5.92 Å². The van der Waals surface area contributed by atoms with Crippen LogP contribution in [0.25, 0.3) is 0 Å². The van der Waals surface area contributed by atoms with E-state index in [2.05, 4.69) is 55.7 Å². The molecule has 0 bridgehead atoms. The molecule has 0 saturated carbocycles. The van der Waals surface area contributed by atoms with Crippen LogP contribution < -0.4 is 0 Å². The lowest BCUT2D eigenvalue weighted by molar-refractivity contribution is 0.000929. The third-order valence-electron chi connectivity index (χ3n) is 4.96. The first-order chi connectivity index (χ1) is 12.9. The van der Waals surface area contributed by atoms with Gasteiger partial charge in [-0.15, -0.1) is 0 Å². The predicted molar refractivity (Wildman–Crippen MR) is 110 cm³/mol. The lowest BCUT2D eigenvalue weighted by Gasteiger charge is -2.31. The van der Waals surface area contributed by atoms with E-state index in [0.29, 0.717) is 25.7 Å². The third kappa shape index (κ3) is 8.71. The van der Waals surface area contributed by atoms with Crippen LogP contribution in [0.4, 0.5) is 0 Å². The first-order valence-corrected chi connectivity index (χ1v) is 10.3. The molecule has 1 aromatic carbocycles. The van der Waals surface area contributed by atoms with E-state index in [1.165, 1.54) is 16.7 Å². The largest absolute Gasteiger partial charge is 0.389 e. The molecular formula is C22H38N2O3. The summed E-state index contributed by atoms with van der Waals surface area (Å²) in [6, 6.07) is 6.62. The number of rotatable bonds is 11. The third-order valence-corrected chi connectivity index (χ3v) is 4.96. The fourth-order valence-corrected chi connectivity index (χ4v) is 3.40. The highest BCUT2D eigenvalue weighted by Gasteiger charge is 2.17. The summed E-state index contributed by atoms with van der Waals surface area (Å²) in [5.74, 6) is 0.491. The number of ether oxygens (including phenoxy) is 2. The minimum Gasteiger partial charge on any atom is -0.389 e. The SMILES string of the molecule is Cc1ccc(CN(CCN2CCOCC2)C[C@H](O)COCC(C)C)c(C)c1. The Kier molecular flexibility index (Phi) is 9.73. The van der Waals surface area contributed by atoms with Gasteiger partial charge in [0.05, 0.1) is 25.9 Å². The van der Waals surface area contributed by atoms with Crippen molar-refractivity contribution < 1.29 is 14.6 Å². The van der Waals surface area contributed by atoms with Crippen LogP contribution in [-0.2, 0) is 16.0 Å². The molecule has 154 valence electrons. The number of aliphatic hydroxyl groups excluding tert-OH is 1. The summed E-state index contributed by atoms with van der Waals surface area (Å²) in [5, 5.41) is 10.5. The van der Waals surface area contributed by atoms with Crippen LogP contribution in [0.2, 0.25) is 0 Å². The molecule has 0 amide bonds. The van der Waals surface area contributed by atoms with Gasteiger partial charge in [-0.05, 0) is 30.9 Å². The highest BCUT2D eigenvalue weighted by Crippen LogP contribution is 2.14. The maximum absolute atomic E-state index is 10.5. The Hall–Kier alpha value is -0.980.